The molecule has 0 bridgehead atoms. The molecule has 0 saturated carbocycles. The molecule has 1 aliphatic carbocycles. The second-order valence-electron chi connectivity index (χ2n) is 16.9. The van der Waals surface area contributed by atoms with E-state index in [1.54, 1.807) is 0 Å². The van der Waals surface area contributed by atoms with Gasteiger partial charge in [0.2, 0.25) is 0 Å². The molecule has 0 saturated heterocycles. The summed E-state index contributed by atoms with van der Waals surface area (Å²) in [6, 6.07) is 86.4. The van der Waals surface area contributed by atoms with Crippen LogP contribution in [0, 0.1) is 0 Å². The van der Waals surface area contributed by atoms with E-state index in [2.05, 4.69) is 255 Å². The molecular formula is C61H45N. The first-order chi connectivity index (χ1) is 30.5. The van der Waals surface area contributed by atoms with Gasteiger partial charge >= 0.3 is 0 Å². The Hall–Kier alpha value is -7.74. The highest BCUT2D eigenvalue weighted by Gasteiger charge is 2.34. The van der Waals surface area contributed by atoms with E-state index >= 15 is 0 Å². The van der Waals surface area contributed by atoms with Crippen LogP contribution in [0.25, 0.3) is 77.5 Å². The third-order valence-electron chi connectivity index (χ3n) is 12.9. The van der Waals surface area contributed by atoms with Crippen LogP contribution in [0.2, 0.25) is 0 Å². The van der Waals surface area contributed by atoms with Gasteiger partial charge < -0.3 is 4.90 Å². The number of nitrogens with zero attached hydrogens (tertiary/aromatic N) is 1. The molecule has 1 nitrogen and oxygen atoms in total. The van der Waals surface area contributed by atoms with Gasteiger partial charge in [-0.05, 0) is 125 Å². The van der Waals surface area contributed by atoms with Crippen molar-refractivity contribution in [3.05, 3.63) is 248 Å². The van der Waals surface area contributed by atoms with Gasteiger partial charge in [-0.1, -0.05) is 214 Å². The van der Waals surface area contributed by atoms with E-state index in [1.807, 2.05) is 0 Å². The Morgan fingerprint density at radius 1 is 0.274 bits per heavy atom. The minimum absolute atomic E-state index is 0.0889. The van der Waals surface area contributed by atoms with E-state index in [-0.39, 0.29) is 5.41 Å². The summed E-state index contributed by atoms with van der Waals surface area (Å²) in [5.74, 6) is 0. The molecule has 0 heterocycles. The largest absolute Gasteiger partial charge is 0.311 e. The average molecular weight is 792 g/mol. The molecule has 0 fully saturated rings. The predicted octanol–water partition coefficient (Wildman–Crippen LogP) is 17.0. The highest BCUT2D eigenvalue weighted by molar-refractivity contribution is 6.09. The smallest absolute Gasteiger partial charge is 0.0462 e. The monoisotopic (exact) mass is 791 g/mol. The Labute approximate surface area is 364 Å². The van der Waals surface area contributed by atoms with E-state index in [9.17, 15) is 0 Å². The van der Waals surface area contributed by atoms with Crippen LogP contribution in [0.15, 0.2) is 237 Å². The predicted molar refractivity (Wildman–Crippen MR) is 263 cm³/mol. The Kier molecular flexibility index (Phi) is 9.24. The molecule has 1 heteroatoms. The number of hydrogen-bond donors (Lipinski definition) is 0. The van der Waals surface area contributed by atoms with Crippen molar-refractivity contribution in [2.24, 2.45) is 0 Å². The maximum absolute atomic E-state index is 2.37. The zero-order valence-corrected chi connectivity index (χ0v) is 35.0. The maximum atomic E-state index is 2.37. The van der Waals surface area contributed by atoms with Gasteiger partial charge in [0.05, 0.1) is 0 Å². The van der Waals surface area contributed by atoms with Crippen LogP contribution in [-0.4, -0.2) is 0 Å². The van der Waals surface area contributed by atoms with Crippen molar-refractivity contribution in [2.45, 2.75) is 19.3 Å². The molecule has 0 atom stereocenters. The SMILES string of the molecule is CC1(C)c2ccccc2-c2c(-c3ccc(N(c4ccc(-c5ccc(-c6ccccc6)cc5)cc4)c4ccc(-c5ccc(-c6ccccc6)cc5)cc4)cc3)ccc3cccc1c23. The summed E-state index contributed by atoms with van der Waals surface area (Å²) in [5.41, 5.74) is 20.8. The van der Waals surface area contributed by atoms with Gasteiger partial charge in [0.25, 0.3) is 0 Å². The van der Waals surface area contributed by atoms with Crippen molar-refractivity contribution >= 4 is 27.8 Å². The molecule has 0 radical (unpaired) electrons. The van der Waals surface area contributed by atoms with Crippen LogP contribution in [0.5, 0.6) is 0 Å². The van der Waals surface area contributed by atoms with E-state index in [1.165, 1.54) is 88.7 Å². The molecule has 0 unspecified atom stereocenters. The van der Waals surface area contributed by atoms with Crippen molar-refractivity contribution in [3.8, 4) is 66.8 Å². The normalized spacial score (nSPS) is 12.5. The lowest BCUT2D eigenvalue weighted by Gasteiger charge is -2.36. The summed E-state index contributed by atoms with van der Waals surface area (Å²) < 4.78 is 0. The van der Waals surface area contributed by atoms with Crippen LogP contribution < -0.4 is 4.90 Å². The summed E-state index contributed by atoms with van der Waals surface area (Å²) in [5, 5.41) is 2.65. The summed E-state index contributed by atoms with van der Waals surface area (Å²) in [6.07, 6.45) is 0. The first-order valence-electron chi connectivity index (χ1n) is 21.6. The minimum Gasteiger partial charge on any atom is -0.311 e. The Bertz CT molecular complexity index is 3050. The molecule has 0 aromatic heterocycles. The molecule has 1 aliphatic rings. The fourth-order valence-corrected chi connectivity index (χ4v) is 9.63. The van der Waals surface area contributed by atoms with Crippen LogP contribution >= 0.6 is 0 Å². The van der Waals surface area contributed by atoms with Gasteiger partial charge in [0.15, 0.2) is 0 Å². The highest BCUT2D eigenvalue weighted by atomic mass is 15.1. The first kappa shape index (κ1) is 37.3. The summed E-state index contributed by atoms with van der Waals surface area (Å²) in [6.45, 7) is 4.73. The van der Waals surface area contributed by atoms with Gasteiger partial charge in [-0.25, -0.2) is 0 Å². The number of rotatable bonds is 8. The number of benzene rings is 10. The average Bonchev–Trinajstić information content (AvgIpc) is 3.34. The zero-order valence-electron chi connectivity index (χ0n) is 35.0. The van der Waals surface area contributed by atoms with Gasteiger partial charge in [-0.2, -0.15) is 0 Å². The van der Waals surface area contributed by atoms with Gasteiger partial charge in [-0.15, -0.1) is 0 Å². The quantitative estimate of drug-likeness (QED) is 0.148. The van der Waals surface area contributed by atoms with Crippen molar-refractivity contribution < 1.29 is 0 Å². The molecule has 62 heavy (non-hydrogen) atoms. The molecule has 0 spiro atoms. The fraction of sp³-hybridized carbons (Fsp3) is 0.0492. The molecular weight excluding hydrogens is 747 g/mol. The summed E-state index contributed by atoms with van der Waals surface area (Å²) in [7, 11) is 0. The summed E-state index contributed by atoms with van der Waals surface area (Å²) in [4.78, 5) is 2.37. The molecule has 11 rings (SSSR count). The Morgan fingerprint density at radius 3 is 1.11 bits per heavy atom. The number of fused-ring (bicyclic) bond motifs is 2. The van der Waals surface area contributed by atoms with Crippen LogP contribution in [-0.2, 0) is 5.41 Å². The summed E-state index contributed by atoms with van der Waals surface area (Å²) >= 11 is 0. The third-order valence-corrected chi connectivity index (χ3v) is 12.9. The molecule has 0 N–H and O–H groups in total. The minimum atomic E-state index is -0.0889. The topological polar surface area (TPSA) is 3.24 Å². The number of anilines is 3. The van der Waals surface area contributed by atoms with Gasteiger partial charge in [0, 0.05) is 22.5 Å². The van der Waals surface area contributed by atoms with Crippen LogP contribution in [0.1, 0.15) is 25.0 Å². The molecule has 294 valence electrons. The van der Waals surface area contributed by atoms with E-state index in [0.29, 0.717) is 0 Å². The lowest BCUT2D eigenvalue weighted by Crippen LogP contribution is -2.23. The van der Waals surface area contributed by atoms with Crippen molar-refractivity contribution in [3.63, 3.8) is 0 Å². The van der Waals surface area contributed by atoms with E-state index in [0.717, 1.165) is 17.1 Å². The first-order valence-corrected chi connectivity index (χ1v) is 21.6. The van der Waals surface area contributed by atoms with Crippen molar-refractivity contribution in [1.29, 1.82) is 0 Å². The van der Waals surface area contributed by atoms with Gasteiger partial charge in [0.1, 0.15) is 0 Å². The Morgan fingerprint density at radius 2 is 0.645 bits per heavy atom. The molecule has 0 aliphatic heterocycles. The standard InChI is InChI=1S/C61H45N/c1-61(2)57-18-10-9-17-56(57)60-55(41-34-51-16-11-19-58(61)59(51)60)50-32-39-54(40-33-50)62(52-35-28-48(29-36-52)46-24-20-44(21-25-46)42-12-5-3-6-13-42)53-37-30-49(31-38-53)47-26-22-45(23-27-47)43-14-7-4-8-15-43/h3-41H,1-2H3. The van der Waals surface area contributed by atoms with Crippen LogP contribution in [0.3, 0.4) is 0 Å². The lowest BCUT2D eigenvalue weighted by molar-refractivity contribution is 0.645. The maximum Gasteiger partial charge on any atom is 0.0462 e. The van der Waals surface area contributed by atoms with E-state index in [4.69, 9.17) is 0 Å². The molecule has 10 aromatic carbocycles. The molecule has 10 aromatic rings. The van der Waals surface area contributed by atoms with Crippen molar-refractivity contribution in [2.75, 3.05) is 4.90 Å². The van der Waals surface area contributed by atoms with E-state index < -0.39 is 0 Å². The second kappa shape index (κ2) is 15.4. The zero-order chi connectivity index (χ0) is 41.6. The van der Waals surface area contributed by atoms with Crippen LogP contribution in [0.4, 0.5) is 17.1 Å². The lowest BCUT2D eigenvalue weighted by atomic mass is 9.67. The second-order valence-corrected chi connectivity index (χ2v) is 16.9. The number of hydrogen-bond acceptors (Lipinski definition) is 1. The fourth-order valence-electron chi connectivity index (χ4n) is 9.63. The Balaban J connectivity index is 0.966. The third kappa shape index (κ3) is 6.60. The highest BCUT2D eigenvalue weighted by Crippen LogP contribution is 2.52. The van der Waals surface area contributed by atoms with Crippen molar-refractivity contribution in [1.82, 2.24) is 0 Å². The van der Waals surface area contributed by atoms with Gasteiger partial charge in [-0.3, -0.25) is 0 Å². The molecule has 0 amide bonds.